The Bertz CT molecular complexity index is 1220. The first kappa shape index (κ1) is 20.6. The number of fused-ring (bicyclic) bond motifs is 1. The SMILES string of the molecule is O=C(O)c1c(OCc2ccc(Cl)cc2)c2cc(Cl)ccc2n1Cc1ccc(Cl)cc1. The van der Waals surface area contributed by atoms with Crippen LogP contribution in [0.3, 0.4) is 0 Å². The number of benzene rings is 3. The molecule has 4 nitrogen and oxygen atoms in total. The highest BCUT2D eigenvalue weighted by Gasteiger charge is 2.24. The van der Waals surface area contributed by atoms with Crippen molar-refractivity contribution in [3.63, 3.8) is 0 Å². The minimum Gasteiger partial charge on any atom is -0.486 e. The highest BCUT2D eigenvalue weighted by Crippen LogP contribution is 2.36. The van der Waals surface area contributed by atoms with Gasteiger partial charge in [0.2, 0.25) is 0 Å². The number of hydrogen-bond acceptors (Lipinski definition) is 2. The predicted octanol–water partition coefficient (Wildman–Crippen LogP) is 6.93. The summed E-state index contributed by atoms with van der Waals surface area (Å²) in [5.41, 5.74) is 2.57. The Balaban J connectivity index is 1.80. The van der Waals surface area contributed by atoms with Crippen LogP contribution in [0.5, 0.6) is 5.75 Å². The number of hydrogen-bond donors (Lipinski definition) is 1. The van der Waals surface area contributed by atoms with Gasteiger partial charge in [0.25, 0.3) is 0 Å². The van der Waals surface area contributed by atoms with Crippen molar-refractivity contribution in [3.05, 3.63) is 98.6 Å². The lowest BCUT2D eigenvalue weighted by Crippen LogP contribution is -2.11. The summed E-state index contributed by atoms with van der Waals surface area (Å²) in [4.78, 5) is 12.2. The Kier molecular flexibility index (Phi) is 5.91. The second-order valence-corrected chi connectivity index (χ2v) is 8.08. The molecular weight excluding hydrogens is 445 g/mol. The highest BCUT2D eigenvalue weighted by molar-refractivity contribution is 6.31. The van der Waals surface area contributed by atoms with Crippen LogP contribution in [0.4, 0.5) is 0 Å². The molecule has 30 heavy (non-hydrogen) atoms. The zero-order chi connectivity index (χ0) is 21.3. The molecular formula is C23H16Cl3NO3. The average Bonchev–Trinajstić information content (AvgIpc) is 3.02. The van der Waals surface area contributed by atoms with Crippen LogP contribution in [0.25, 0.3) is 10.9 Å². The lowest BCUT2D eigenvalue weighted by molar-refractivity contribution is 0.0681. The number of aromatic nitrogens is 1. The maximum Gasteiger partial charge on any atom is 0.356 e. The standard InChI is InChI=1S/C23H16Cl3NO3/c24-16-5-1-14(2-6-16)12-27-20-10-9-18(26)11-19(20)22(21(27)23(28)29)30-13-15-3-7-17(25)8-4-15/h1-11H,12-13H2,(H,28,29). The second-order valence-electron chi connectivity index (χ2n) is 6.77. The Labute approximate surface area is 188 Å². The number of halogens is 3. The first-order chi connectivity index (χ1) is 14.4. The van der Waals surface area contributed by atoms with Crippen molar-refractivity contribution in [2.24, 2.45) is 0 Å². The van der Waals surface area contributed by atoms with Gasteiger partial charge >= 0.3 is 5.97 Å². The highest BCUT2D eigenvalue weighted by atomic mass is 35.5. The van der Waals surface area contributed by atoms with Gasteiger partial charge in [0, 0.05) is 27.0 Å². The molecule has 0 aliphatic rings. The molecule has 0 radical (unpaired) electrons. The zero-order valence-corrected chi connectivity index (χ0v) is 17.9. The van der Waals surface area contributed by atoms with Crippen LogP contribution in [0.15, 0.2) is 66.7 Å². The molecule has 0 saturated heterocycles. The molecule has 7 heteroatoms. The van der Waals surface area contributed by atoms with Gasteiger partial charge in [-0.05, 0) is 53.6 Å². The maximum absolute atomic E-state index is 12.2. The van der Waals surface area contributed by atoms with Gasteiger partial charge in [-0.2, -0.15) is 0 Å². The van der Waals surface area contributed by atoms with Crippen LogP contribution in [0.2, 0.25) is 15.1 Å². The van der Waals surface area contributed by atoms with E-state index in [-0.39, 0.29) is 18.1 Å². The maximum atomic E-state index is 12.2. The van der Waals surface area contributed by atoms with Crippen LogP contribution in [-0.2, 0) is 13.2 Å². The van der Waals surface area contributed by atoms with Crippen LogP contribution in [0, 0.1) is 0 Å². The molecule has 0 aliphatic heterocycles. The largest absolute Gasteiger partial charge is 0.486 e. The Morgan fingerprint density at radius 1 is 0.833 bits per heavy atom. The lowest BCUT2D eigenvalue weighted by atomic mass is 10.2. The molecule has 4 rings (SSSR count). The minimum atomic E-state index is -1.08. The number of nitrogens with zero attached hydrogens (tertiary/aromatic N) is 1. The fourth-order valence-corrected chi connectivity index (χ4v) is 3.75. The smallest absolute Gasteiger partial charge is 0.356 e. The molecule has 152 valence electrons. The van der Waals surface area contributed by atoms with E-state index in [2.05, 4.69) is 0 Å². The number of ether oxygens (including phenoxy) is 1. The van der Waals surface area contributed by atoms with E-state index in [0.717, 1.165) is 16.6 Å². The summed E-state index contributed by atoms with van der Waals surface area (Å²) < 4.78 is 7.72. The van der Waals surface area contributed by atoms with Gasteiger partial charge in [0.15, 0.2) is 11.4 Å². The molecule has 0 atom stereocenters. The molecule has 3 aromatic carbocycles. The van der Waals surface area contributed by atoms with E-state index in [0.29, 0.717) is 27.0 Å². The normalized spacial score (nSPS) is 11.0. The molecule has 1 N–H and O–H groups in total. The van der Waals surface area contributed by atoms with Crippen molar-refractivity contribution < 1.29 is 14.6 Å². The van der Waals surface area contributed by atoms with E-state index >= 15 is 0 Å². The fourth-order valence-electron chi connectivity index (χ4n) is 3.33. The number of rotatable bonds is 6. The van der Waals surface area contributed by atoms with Crippen molar-refractivity contribution in [1.82, 2.24) is 4.57 Å². The molecule has 1 heterocycles. The fraction of sp³-hybridized carbons (Fsp3) is 0.0870. The molecule has 0 bridgehead atoms. The third kappa shape index (κ3) is 4.26. The Morgan fingerprint density at radius 2 is 1.40 bits per heavy atom. The second kappa shape index (κ2) is 8.60. The van der Waals surface area contributed by atoms with Gasteiger partial charge in [-0.3, -0.25) is 0 Å². The summed E-state index contributed by atoms with van der Waals surface area (Å²) in [7, 11) is 0. The van der Waals surface area contributed by atoms with Gasteiger partial charge < -0.3 is 14.4 Å². The Morgan fingerprint density at radius 3 is 2.00 bits per heavy atom. The summed E-state index contributed by atoms with van der Waals surface area (Å²) in [5.74, 6) is -0.800. The van der Waals surface area contributed by atoms with Crippen molar-refractivity contribution in [2.75, 3.05) is 0 Å². The summed E-state index contributed by atoms with van der Waals surface area (Å²) in [5, 5.41) is 12.4. The predicted molar refractivity (Wildman–Crippen MR) is 120 cm³/mol. The summed E-state index contributed by atoms with van der Waals surface area (Å²) in [6.45, 7) is 0.547. The van der Waals surface area contributed by atoms with Crippen LogP contribution in [0.1, 0.15) is 21.6 Å². The van der Waals surface area contributed by atoms with E-state index in [9.17, 15) is 9.90 Å². The lowest BCUT2D eigenvalue weighted by Gasteiger charge is -2.10. The van der Waals surface area contributed by atoms with Crippen LogP contribution >= 0.6 is 34.8 Å². The van der Waals surface area contributed by atoms with E-state index in [1.54, 1.807) is 47.0 Å². The first-order valence-corrected chi connectivity index (χ1v) is 10.2. The summed E-state index contributed by atoms with van der Waals surface area (Å²) in [6.07, 6.45) is 0. The van der Waals surface area contributed by atoms with Crippen molar-refractivity contribution >= 4 is 51.7 Å². The quantitative estimate of drug-likeness (QED) is 0.339. The van der Waals surface area contributed by atoms with Gasteiger partial charge in [0.1, 0.15) is 6.61 Å². The minimum absolute atomic E-state index is 0.0659. The molecule has 0 spiro atoms. The molecule has 0 unspecified atom stereocenters. The molecule has 0 amide bonds. The molecule has 0 fully saturated rings. The number of carboxylic acids is 1. The average molecular weight is 461 g/mol. The van der Waals surface area contributed by atoms with E-state index in [4.69, 9.17) is 39.5 Å². The topological polar surface area (TPSA) is 51.5 Å². The number of carboxylic acid groups (broad SMARTS) is 1. The summed E-state index contributed by atoms with van der Waals surface area (Å²) in [6, 6.07) is 19.7. The van der Waals surface area contributed by atoms with Gasteiger partial charge in [0.05, 0.1) is 5.52 Å². The zero-order valence-electron chi connectivity index (χ0n) is 15.6. The monoisotopic (exact) mass is 459 g/mol. The van der Waals surface area contributed by atoms with Crippen molar-refractivity contribution in [2.45, 2.75) is 13.2 Å². The van der Waals surface area contributed by atoms with Gasteiger partial charge in [-0.25, -0.2) is 4.79 Å². The van der Waals surface area contributed by atoms with Gasteiger partial charge in [-0.1, -0.05) is 59.1 Å². The van der Waals surface area contributed by atoms with E-state index in [1.807, 2.05) is 24.3 Å². The first-order valence-electron chi connectivity index (χ1n) is 9.09. The van der Waals surface area contributed by atoms with Crippen LogP contribution < -0.4 is 4.74 Å². The van der Waals surface area contributed by atoms with Gasteiger partial charge in [-0.15, -0.1) is 0 Å². The number of carbonyl (C=O) groups is 1. The van der Waals surface area contributed by atoms with Crippen molar-refractivity contribution in [1.29, 1.82) is 0 Å². The third-order valence-corrected chi connectivity index (χ3v) is 5.47. The molecule has 0 aliphatic carbocycles. The number of aromatic carboxylic acids is 1. The van der Waals surface area contributed by atoms with E-state index < -0.39 is 5.97 Å². The molecule has 4 aromatic rings. The van der Waals surface area contributed by atoms with Crippen molar-refractivity contribution in [3.8, 4) is 5.75 Å². The molecule has 1 aromatic heterocycles. The Hall–Kier alpha value is -2.66. The summed E-state index contributed by atoms with van der Waals surface area (Å²) >= 11 is 18.1. The third-order valence-electron chi connectivity index (χ3n) is 4.73. The van der Waals surface area contributed by atoms with E-state index in [1.165, 1.54) is 0 Å². The molecule has 0 saturated carbocycles. The van der Waals surface area contributed by atoms with Crippen LogP contribution in [-0.4, -0.2) is 15.6 Å².